The van der Waals surface area contributed by atoms with Gasteiger partial charge in [-0.3, -0.25) is 9.59 Å². The van der Waals surface area contributed by atoms with Crippen LogP contribution in [0, 0.1) is 0 Å². The van der Waals surface area contributed by atoms with Gasteiger partial charge in [0.05, 0.1) is 21.3 Å². The summed E-state index contributed by atoms with van der Waals surface area (Å²) in [5, 5.41) is 5.10. The van der Waals surface area contributed by atoms with Crippen molar-refractivity contribution < 1.29 is 23.8 Å². The predicted octanol–water partition coefficient (Wildman–Crippen LogP) is 3.41. The lowest BCUT2D eigenvalue weighted by Crippen LogP contribution is -2.29. The van der Waals surface area contributed by atoms with Crippen LogP contribution in [0.1, 0.15) is 25.3 Å². The van der Waals surface area contributed by atoms with Gasteiger partial charge in [-0.2, -0.15) is 0 Å². The van der Waals surface area contributed by atoms with E-state index in [1.165, 1.54) is 21.3 Å². The molecule has 2 aromatic rings. The van der Waals surface area contributed by atoms with Crippen molar-refractivity contribution in [3.05, 3.63) is 42.0 Å². The number of methoxy groups -OCH3 is 3. The molecule has 0 spiro atoms. The van der Waals surface area contributed by atoms with Gasteiger partial charge in [0.15, 0.2) is 11.5 Å². The number of rotatable bonds is 6. The molecule has 0 radical (unpaired) electrons. The fraction of sp³-hybridized carbons (Fsp3) is 0.300. The topological polar surface area (TPSA) is 85.9 Å². The number of hydrogen-bond acceptors (Lipinski definition) is 5. The first-order valence-electron chi connectivity index (χ1n) is 8.41. The van der Waals surface area contributed by atoms with Crippen molar-refractivity contribution in [3.8, 4) is 17.2 Å². The zero-order valence-electron chi connectivity index (χ0n) is 16.1. The van der Waals surface area contributed by atoms with Crippen LogP contribution in [0.25, 0.3) is 0 Å². The quantitative estimate of drug-likeness (QED) is 0.759. The van der Waals surface area contributed by atoms with Crippen molar-refractivity contribution in [2.24, 2.45) is 0 Å². The SMILES string of the molecule is COc1cc(NC(=O)C(=O)Nc2ccc(C(C)C)cc2)cc(OC)c1OC. The lowest BCUT2D eigenvalue weighted by molar-refractivity contribution is -0.133. The number of amides is 2. The fourth-order valence-corrected chi connectivity index (χ4v) is 2.48. The molecule has 0 bridgehead atoms. The molecular formula is C20H24N2O5. The molecule has 0 aromatic heterocycles. The highest BCUT2D eigenvalue weighted by molar-refractivity contribution is 6.43. The molecule has 0 aliphatic heterocycles. The second kappa shape index (κ2) is 8.93. The molecular weight excluding hydrogens is 348 g/mol. The van der Waals surface area contributed by atoms with Crippen LogP contribution in [-0.4, -0.2) is 33.1 Å². The first-order valence-corrected chi connectivity index (χ1v) is 8.41. The maximum absolute atomic E-state index is 12.2. The maximum atomic E-state index is 12.2. The summed E-state index contributed by atoms with van der Waals surface area (Å²) in [7, 11) is 4.42. The maximum Gasteiger partial charge on any atom is 0.314 e. The zero-order chi connectivity index (χ0) is 20.0. The Morgan fingerprint density at radius 3 is 1.67 bits per heavy atom. The first-order chi connectivity index (χ1) is 12.9. The Labute approximate surface area is 158 Å². The van der Waals surface area contributed by atoms with E-state index in [1.54, 1.807) is 24.3 Å². The van der Waals surface area contributed by atoms with Crippen LogP contribution in [0.4, 0.5) is 11.4 Å². The Kier molecular flexibility index (Phi) is 6.65. The van der Waals surface area contributed by atoms with E-state index in [2.05, 4.69) is 24.5 Å². The van der Waals surface area contributed by atoms with Crippen LogP contribution in [0.3, 0.4) is 0 Å². The molecule has 2 N–H and O–H groups in total. The second-order valence-corrected chi connectivity index (χ2v) is 6.10. The normalized spacial score (nSPS) is 10.3. The molecule has 0 atom stereocenters. The average Bonchev–Trinajstić information content (AvgIpc) is 2.67. The van der Waals surface area contributed by atoms with Crippen LogP contribution in [-0.2, 0) is 9.59 Å². The molecule has 0 fully saturated rings. The van der Waals surface area contributed by atoms with Gasteiger partial charge in [0.25, 0.3) is 0 Å². The van der Waals surface area contributed by atoms with E-state index in [4.69, 9.17) is 14.2 Å². The van der Waals surface area contributed by atoms with Gasteiger partial charge < -0.3 is 24.8 Å². The van der Waals surface area contributed by atoms with Gasteiger partial charge in [-0.1, -0.05) is 26.0 Å². The molecule has 0 aliphatic carbocycles. The third-order valence-electron chi connectivity index (χ3n) is 3.96. The summed E-state index contributed by atoms with van der Waals surface area (Å²) < 4.78 is 15.7. The molecule has 0 saturated heterocycles. The number of ether oxygens (including phenoxy) is 3. The lowest BCUT2D eigenvalue weighted by atomic mass is 10.0. The summed E-state index contributed by atoms with van der Waals surface area (Å²) in [4.78, 5) is 24.4. The summed E-state index contributed by atoms with van der Waals surface area (Å²) in [5.74, 6) is -0.0577. The van der Waals surface area contributed by atoms with Gasteiger partial charge in [-0.25, -0.2) is 0 Å². The molecule has 7 heteroatoms. The number of carbonyl (C=O) groups excluding carboxylic acids is 2. The van der Waals surface area contributed by atoms with E-state index in [0.29, 0.717) is 34.5 Å². The van der Waals surface area contributed by atoms with Crippen LogP contribution >= 0.6 is 0 Å². The van der Waals surface area contributed by atoms with Gasteiger partial charge in [0.2, 0.25) is 5.75 Å². The molecule has 27 heavy (non-hydrogen) atoms. The smallest absolute Gasteiger partial charge is 0.314 e. The minimum atomic E-state index is -0.808. The number of hydrogen-bond donors (Lipinski definition) is 2. The summed E-state index contributed by atoms with van der Waals surface area (Å²) in [6.45, 7) is 4.16. The van der Waals surface area contributed by atoms with Crippen molar-refractivity contribution in [2.45, 2.75) is 19.8 Å². The highest BCUT2D eigenvalue weighted by atomic mass is 16.5. The molecule has 7 nitrogen and oxygen atoms in total. The molecule has 0 saturated carbocycles. The summed E-state index contributed by atoms with van der Waals surface area (Å²) in [6, 6.07) is 10.4. The number of carbonyl (C=O) groups is 2. The Morgan fingerprint density at radius 2 is 1.26 bits per heavy atom. The van der Waals surface area contributed by atoms with Crippen molar-refractivity contribution in [1.82, 2.24) is 0 Å². The van der Waals surface area contributed by atoms with Crippen LogP contribution in [0.5, 0.6) is 17.2 Å². The van der Waals surface area contributed by atoms with Gasteiger partial charge >= 0.3 is 11.8 Å². The minimum absolute atomic E-state index is 0.347. The monoisotopic (exact) mass is 372 g/mol. The second-order valence-electron chi connectivity index (χ2n) is 6.10. The van der Waals surface area contributed by atoms with Gasteiger partial charge in [0.1, 0.15) is 0 Å². The highest BCUT2D eigenvalue weighted by Gasteiger charge is 2.18. The Bertz CT molecular complexity index is 791. The largest absolute Gasteiger partial charge is 0.493 e. The van der Waals surface area contributed by atoms with Crippen molar-refractivity contribution in [1.29, 1.82) is 0 Å². The molecule has 144 valence electrons. The van der Waals surface area contributed by atoms with E-state index < -0.39 is 11.8 Å². The predicted molar refractivity (Wildman–Crippen MR) is 104 cm³/mol. The molecule has 0 unspecified atom stereocenters. The number of anilines is 2. The van der Waals surface area contributed by atoms with Crippen LogP contribution in [0.15, 0.2) is 36.4 Å². The number of benzene rings is 2. The van der Waals surface area contributed by atoms with Crippen LogP contribution in [0.2, 0.25) is 0 Å². The highest BCUT2D eigenvalue weighted by Crippen LogP contribution is 2.39. The zero-order valence-corrected chi connectivity index (χ0v) is 16.1. The van der Waals surface area contributed by atoms with E-state index in [0.717, 1.165) is 5.56 Å². The molecule has 0 heterocycles. The average molecular weight is 372 g/mol. The molecule has 2 rings (SSSR count). The Balaban J connectivity index is 2.10. The Morgan fingerprint density at radius 1 is 0.778 bits per heavy atom. The lowest BCUT2D eigenvalue weighted by Gasteiger charge is -2.14. The van der Waals surface area contributed by atoms with Crippen molar-refractivity contribution in [3.63, 3.8) is 0 Å². The van der Waals surface area contributed by atoms with Crippen molar-refractivity contribution in [2.75, 3.05) is 32.0 Å². The minimum Gasteiger partial charge on any atom is -0.493 e. The van der Waals surface area contributed by atoms with E-state index in [-0.39, 0.29) is 0 Å². The third kappa shape index (κ3) is 4.91. The van der Waals surface area contributed by atoms with E-state index in [1.807, 2.05) is 12.1 Å². The molecule has 2 aromatic carbocycles. The third-order valence-corrected chi connectivity index (χ3v) is 3.96. The molecule has 2 amide bonds. The molecule has 0 aliphatic rings. The van der Waals surface area contributed by atoms with Gasteiger partial charge in [-0.05, 0) is 23.6 Å². The van der Waals surface area contributed by atoms with Crippen molar-refractivity contribution >= 4 is 23.2 Å². The van der Waals surface area contributed by atoms with Gasteiger partial charge in [-0.15, -0.1) is 0 Å². The summed E-state index contributed by atoms with van der Waals surface area (Å²) in [5.41, 5.74) is 2.04. The first kappa shape index (κ1) is 20.1. The fourth-order valence-electron chi connectivity index (χ4n) is 2.48. The van der Waals surface area contributed by atoms with E-state index >= 15 is 0 Å². The number of nitrogens with one attached hydrogen (secondary N) is 2. The Hall–Kier alpha value is -3.22. The van der Waals surface area contributed by atoms with Gasteiger partial charge in [0, 0.05) is 23.5 Å². The summed E-state index contributed by atoms with van der Waals surface area (Å²) >= 11 is 0. The standard InChI is InChI=1S/C20H24N2O5/c1-12(2)13-6-8-14(9-7-13)21-19(23)20(24)22-15-10-16(25-3)18(27-5)17(11-15)26-4/h6-12H,1-5H3,(H,21,23)(H,22,24). The summed E-state index contributed by atoms with van der Waals surface area (Å²) in [6.07, 6.45) is 0. The van der Waals surface area contributed by atoms with Crippen LogP contribution < -0.4 is 24.8 Å². The van der Waals surface area contributed by atoms with E-state index in [9.17, 15) is 9.59 Å².